The topological polar surface area (TPSA) is 74.8 Å². The van der Waals surface area contributed by atoms with Crippen molar-refractivity contribution < 1.29 is 9.53 Å². The Labute approximate surface area is 166 Å². The third-order valence-corrected chi connectivity index (χ3v) is 4.80. The van der Waals surface area contributed by atoms with Crippen molar-refractivity contribution in [2.45, 2.75) is 32.7 Å². The predicted molar refractivity (Wildman–Crippen MR) is 113 cm³/mol. The molecule has 2 aromatic rings. The average molecular weight is 380 g/mol. The predicted octanol–water partition coefficient (Wildman–Crippen LogP) is 2.88. The quantitative estimate of drug-likeness (QED) is 0.392. The number of hydrogen-bond donors (Lipinski definition) is 3. The van der Waals surface area contributed by atoms with Crippen LogP contribution in [0.5, 0.6) is 5.75 Å². The average Bonchev–Trinajstić information content (AvgIpc) is 2.73. The van der Waals surface area contributed by atoms with Gasteiger partial charge in [-0.05, 0) is 47.7 Å². The van der Waals surface area contributed by atoms with Crippen molar-refractivity contribution in [1.82, 2.24) is 10.6 Å². The minimum absolute atomic E-state index is 0.0748. The molecule has 0 atom stereocenters. The molecule has 0 fully saturated rings. The molecule has 3 N–H and O–H groups in total. The van der Waals surface area contributed by atoms with Gasteiger partial charge in [-0.2, -0.15) is 0 Å². The van der Waals surface area contributed by atoms with Crippen LogP contribution in [0.3, 0.4) is 0 Å². The van der Waals surface area contributed by atoms with E-state index in [-0.39, 0.29) is 5.91 Å². The van der Waals surface area contributed by atoms with Crippen LogP contribution in [0.4, 0.5) is 5.69 Å². The summed E-state index contributed by atoms with van der Waals surface area (Å²) >= 11 is 0. The van der Waals surface area contributed by atoms with Crippen LogP contribution in [-0.4, -0.2) is 32.1 Å². The second-order valence-electron chi connectivity index (χ2n) is 6.69. The monoisotopic (exact) mass is 380 g/mol. The highest BCUT2D eigenvalue weighted by atomic mass is 16.5. The highest BCUT2D eigenvalue weighted by molar-refractivity contribution is 5.94. The lowest BCUT2D eigenvalue weighted by atomic mass is 10.0. The number of benzene rings is 2. The second-order valence-corrected chi connectivity index (χ2v) is 6.69. The summed E-state index contributed by atoms with van der Waals surface area (Å²) < 4.78 is 5.84. The van der Waals surface area contributed by atoms with Crippen LogP contribution >= 0.6 is 0 Å². The van der Waals surface area contributed by atoms with Crippen LogP contribution in [0.2, 0.25) is 0 Å². The molecule has 0 bridgehead atoms. The number of hydrogen-bond acceptors (Lipinski definition) is 3. The number of guanidine groups is 1. The van der Waals surface area contributed by atoms with Crippen molar-refractivity contribution in [2.75, 3.05) is 25.5 Å². The van der Waals surface area contributed by atoms with Crippen molar-refractivity contribution in [1.29, 1.82) is 0 Å². The van der Waals surface area contributed by atoms with Crippen molar-refractivity contribution >= 4 is 17.6 Å². The van der Waals surface area contributed by atoms with Crippen molar-refractivity contribution in [3.8, 4) is 5.75 Å². The Kier molecular flexibility index (Phi) is 6.89. The molecule has 0 aliphatic carbocycles. The number of amides is 1. The van der Waals surface area contributed by atoms with E-state index in [2.05, 4.69) is 52.1 Å². The molecule has 0 unspecified atom stereocenters. The summed E-state index contributed by atoms with van der Waals surface area (Å²) in [5, 5.41) is 9.50. The minimum Gasteiger partial charge on any atom is -0.492 e. The summed E-state index contributed by atoms with van der Waals surface area (Å²) in [6.45, 7) is 4.07. The van der Waals surface area contributed by atoms with Crippen LogP contribution in [0.15, 0.2) is 47.5 Å². The maximum Gasteiger partial charge on any atom is 0.224 e. The number of anilines is 1. The molecule has 28 heavy (non-hydrogen) atoms. The van der Waals surface area contributed by atoms with Gasteiger partial charge in [0, 0.05) is 25.7 Å². The number of aliphatic imine (C=N–C) groups is 1. The molecule has 3 rings (SSSR count). The smallest absolute Gasteiger partial charge is 0.224 e. The van der Waals surface area contributed by atoms with Crippen LogP contribution in [0.1, 0.15) is 30.0 Å². The fourth-order valence-corrected chi connectivity index (χ4v) is 3.26. The molecular formula is C22H28N4O2. The Morgan fingerprint density at radius 2 is 1.96 bits per heavy atom. The number of fused-ring (bicyclic) bond motifs is 1. The van der Waals surface area contributed by atoms with Crippen molar-refractivity contribution in [3.05, 3.63) is 59.2 Å². The number of nitrogens with one attached hydrogen (secondary N) is 3. The van der Waals surface area contributed by atoms with Crippen LogP contribution in [0, 0.1) is 0 Å². The zero-order valence-corrected chi connectivity index (χ0v) is 16.5. The first-order valence-electron chi connectivity index (χ1n) is 9.76. The molecule has 6 nitrogen and oxygen atoms in total. The van der Waals surface area contributed by atoms with E-state index in [4.69, 9.17) is 4.74 Å². The van der Waals surface area contributed by atoms with E-state index < -0.39 is 0 Å². The Bertz CT molecular complexity index is 848. The normalized spacial score (nSPS) is 13.5. The number of carbonyl (C=O) groups is 1. The lowest BCUT2D eigenvalue weighted by molar-refractivity contribution is -0.116. The molecule has 1 amide bonds. The van der Waals surface area contributed by atoms with Gasteiger partial charge in [0.2, 0.25) is 5.91 Å². The Hall–Kier alpha value is -3.02. The van der Waals surface area contributed by atoms with E-state index >= 15 is 0 Å². The lowest BCUT2D eigenvalue weighted by Crippen LogP contribution is -2.39. The summed E-state index contributed by atoms with van der Waals surface area (Å²) in [7, 11) is 1.76. The summed E-state index contributed by atoms with van der Waals surface area (Å²) in [5.74, 6) is 1.64. The molecular weight excluding hydrogens is 352 g/mol. The maximum atomic E-state index is 11.4. The number of ether oxygens (including phenoxy) is 1. The van der Waals surface area contributed by atoms with Crippen molar-refractivity contribution in [2.24, 2.45) is 4.99 Å². The Balaban J connectivity index is 1.43. The van der Waals surface area contributed by atoms with Crippen molar-refractivity contribution in [3.63, 3.8) is 0 Å². The molecule has 0 spiro atoms. The Morgan fingerprint density at radius 1 is 1.14 bits per heavy atom. The standard InChI is InChI=1S/C22H28N4O2/c1-3-16-6-4-5-7-18(16)15-25-22(23-2)24-12-13-28-19-9-10-20-17(14-19)8-11-21(27)26-20/h4-7,9-10,14H,3,8,11-13,15H2,1-2H3,(H,26,27)(H2,23,24,25). The van der Waals surface area contributed by atoms with Gasteiger partial charge < -0.3 is 20.7 Å². The van der Waals surface area contributed by atoms with E-state index in [1.807, 2.05) is 18.2 Å². The first-order chi connectivity index (χ1) is 13.7. The van der Waals surface area contributed by atoms with Gasteiger partial charge in [-0.15, -0.1) is 0 Å². The summed E-state index contributed by atoms with van der Waals surface area (Å²) in [6, 6.07) is 14.2. The minimum atomic E-state index is 0.0748. The fraction of sp³-hybridized carbons (Fsp3) is 0.364. The van der Waals surface area contributed by atoms with Crippen LogP contribution < -0.4 is 20.7 Å². The second kappa shape index (κ2) is 9.78. The molecule has 1 aliphatic rings. The molecule has 0 saturated carbocycles. The van der Waals surface area contributed by atoms with Gasteiger partial charge in [-0.3, -0.25) is 9.79 Å². The van der Waals surface area contributed by atoms with E-state index in [0.29, 0.717) is 19.6 Å². The van der Waals surface area contributed by atoms with Gasteiger partial charge >= 0.3 is 0 Å². The Morgan fingerprint density at radius 3 is 2.75 bits per heavy atom. The van der Waals surface area contributed by atoms with Gasteiger partial charge in [-0.1, -0.05) is 31.2 Å². The van der Waals surface area contributed by atoms with Gasteiger partial charge in [0.25, 0.3) is 0 Å². The van der Waals surface area contributed by atoms with E-state index in [1.165, 1.54) is 11.1 Å². The largest absolute Gasteiger partial charge is 0.492 e. The van der Waals surface area contributed by atoms with Gasteiger partial charge in [0.05, 0.1) is 6.54 Å². The molecule has 1 aliphatic heterocycles. The lowest BCUT2D eigenvalue weighted by Gasteiger charge is -2.18. The van der Waals surface area contributed by atoms with E-state index in [0.717, 1.165) is 42.3 Å². The molecule has 148 valence electrons. The molecule has 0 aromatic heterocycles. The highest BCUT2D eigenvalue weighted by Crippen LogP contribution is 2.26. The van der Waals surface area contributed by atoms with Gasteiger partial charge in [-0.25, -0.2) is 0 Å². The maximum absolute atomic E-state index is 11.4. The number of carbonyl (C=O) groups excluding carboxylic acids is 1. The molecule has 0 saturated heterocycles. The third-order valence-electron chi connectivity index (χ3n) is 4.80. The zero-order valence-electron chi connectivity index (χ0n) is 16.5. The van der Waals surface area contributed by atoms with E-state index in [1.54, 1.807) is 7.05 Å². The van der Waals surface area contributed by atoms with Crippen LogP contribution in [0.25, 0.3) is 0 Å². The zero-order chi connectivity index (χ0) is 19.8. The summed E-state index contributed by atoms with van der Waals surface area (Å²) in [5.41, 5.74) is 4.64. The van der Waals surface area contributed by atoms with Crippen LogP contribution in [-0.2, 0) is 24.2 Å². The number of aryl methyl sites for hydroxylation is 2. The molecule has 1 heterocycles. The first-order valence-corrected chi connectivity index (χ1v) is 9.76. The van der Waals surface area contributed by atoms with Gasteiger partial charge in [0.15, 0.2) is 5.96 Å². The van der Waals surface area contributed by atoms with E-state index in [9.17, 15) is 4.79 Å². The SMILES string of the molecule is CCc1ccccc1CNC(=NC)NCCOc1ccc2c(c1)CCC(=O)N2. The number of nitrogens with zero attached hydrogens (tertiary/aromatic N) is 1. The number of rotatable bonds is 7. The molecule has 0 radical (unpaired) electrons. The first kappa shape index (κ1) is 19.7. The summed E-state index contributed by atoms with van der Waals surface area (Å²) in [6.07, 6.45) is 2.30. The third kappa shape index (κ3) is 5.25. The fourth-order valence-electron chi connectivity index (χ4n) is 3.26. The van der Waals surface area contributed by atoms with Gasteiger partial charge in [0.1, 0.15) is 12.4 Å². The highest BCUT2D eigenvalue weighted by Gasteiger charge is 2.14. The summed E-state index contributed by atoms with van der Waals surface area (Å²) in [4.78, 5) is 15.7. The molecule has 2 aromatic carbocycles. The molecule has 6 heteroatoms.